The van der Waals surface area contributed by atoms with Gasteiger partial charge < -0.3 is 15.4 Å². The summed E-state index contributed by atoms with van der Waals surface area (Å²) < 4.78 is 0. The van der Waals surface area contributed by atoms with Gasteiger partial charge in [-0.05, 0) is 29.7 Å². The van der Waals surface area contributed by atoms with Gasteiger partial charge in [0.15, 0.2) is 0 Å². The van der Waals surface area contributed by atoms with Crippen LogP contribution in [0.15, 0.2) is 54.9 Å². The first-order valence-electron chi connectivity index (χ1n) is 8.11. The molecule has 0 fully saturated rings. The van der Waals surface area contributed by atoms with E-state index in [0.29, 0.717) is 19.4 Å². The van der Waals surface area contributed by atoms with Gasteiger partial charge in [-0.3, -0.25) is 4.79 Å². The molecule has 0 bridgehead atoms. The molecule has 3 aromatic rings. The monoisotopic (exact) mass is 323 g/mol. The normalized spacial score (nSPS) is 12.2. The molecular formula is C19H21N3O2. The minimum atomic E-state index is -0.0291. The van der Waals surface area contributed by atoms with E-state index >= 15 is 0 Å². The van der Waals surface area contributed by atoms with E-state index in [1.807, 2.05) is 48.7 Å². The molecule has 0 spiro atoms. The smallest absolute Gasteiger partial charge is 0.224 e. The van der Waals surface area contributed by atoms with Crippen LogP contribution in [0.3, 0.4) is 0 Å². The lowest BCUT2D eigenvalue weighted by molar-refractivity contribution is -0.120. The molecule has 0 aliphatic carbocycles. The lowest BCUT2D eigenvalue weighted by Gasteiger charge is -2.17. The summed E-state index contributed by atoms with van der Waals surface area (Å²) in [6, 6.07) is 13.8. The van der Waals surface area contributed by atoms with Gasteiger partial charge in [-0.25, -0.2) is 4.98 Å². The third-order valence-electron chi connectivity index (χ3n) is 4.18. The van der Waals surface area contributed by atoms with Crippen molar-refractivity contribution in [1.29, 1.82) is 0 Å². The van der Waals surface area contributed by atoms with E-state index in [9.17, 15) is 9.90 Å². The lowest BCUT2D eigenvalue weighted by Crippen LogP contribution is -2.30. The van der Waals surface area contributed by atoms with Crippen molar-refractivity contribution in [3.8, 4) is 0 Å². The van der Waals surface area contributed by atoms with E-state index in [-0.39, 0.29) is 18.4 Å². The summed E-state index contributed by atoms with van der Waals surface area (Å²) in [7, 11) is 0. The maximum atomic E-state index is 12.3. The summed E-state index contributed by atoms with van der Waals surface area (Å²) in [6.45, 7) is 0.619. The van der Waals surface area contributed by atoms with Gasteiger partial charge in [0.1, 0.15) is 5.65 Å². The van der Waals surface area contributed by atoms with Gasteiger partial charge >= 0.3 is 0 Å². The van der Waals surface area contributed by atoms with Crippen molar-refractivity contribution < 1.29 is 9.90 Å². The van der Waals surface area contributed by atoms with E-state index in [1.165, 1.54) is 0 Å². The van der Waals surface area contributed by atoms with Gasteiger partial charge in [-0.1, -0.05) is 30.3 Å². The van der Waals surface area contributed by atoms with Crippen LogP contribution in [-0.4, -0.2) is 34.1 Å². The number of nitrogens with one attached hydrogen (secondary N) is 2. The molecule has 0 radical (unpaired) electrons. The van der Waals surface area contributed by atoms with Crippen LogP contribution in [0, 0.1) is 0 Å². The minimum absolute atomic E-state index is 0.0291. The molecule has 1 aromatic carbocycles. The molecule has 3 N–H and O–H groups in total. The Morgan fingerprint density at radius 2 is 2.04 bits per heavy atom. The van der Waals surface area contributed by atoms with Crippen LogP contribution in [0.1, 0.15) is 23.5 Å². The van der Waals surface area contributed by atoms with Gasteiger partial charge in [-0.2, -0.15) is 0 Å². The maximum Gasteiger partial charge on any atom is 0.224 e. The largest absolute Gasteiger partial charge is 0.396 e. The molecule has 0 aliphatic rings. The topological polar surface area (TPSA) is 78.0 Å². The van der Waals surface area contributed by atoms with Gasteiger partial charge in [0.2, 0.25) is 5.91 Å². The van der Waals surface area contributed by atoms with Crippen molar-refractivity contribution in [1.82, 2.24) is 15.3 Å². The number of H-pyrrole nitrogens is 1. The van der Waals surface area contributed by atoms with Crippen LogP contribution in [0.2, 0.25) is 0 Å². The fourth-order valence-electron chi connectivity index (χ4n) is 2.90. The van der Waals surface area contributed by atoms with E-state index < -0.39 is 0 Å². The molecule has 5 nitrogen and oxygen atoms in total. The number of benzene rings is 1. The summed E-state index contributed by atoms with van der Waals surface area (Å²) in [6.07, 6.45) is 4.50. The molecule has 5 heteroatoms. The Kier molecular flexibility index (Phi) is 5.23. The zero-order valence-corrected chi connectivity index (χ0v) is 13.4. The molecule has 1 unspecified atom stereocenters. The number of aromatic nitrogens is 2. The predicted molar refractivity (Wildman–Crippen MR) is 93.7 cm³/mol. The third-order valence-corrected chi connectivity index (χ3v) is 4.18. The average molecular weight is 323 g/mol. The van der Waals surface area contributed by atoms with Gasteiger partial charge in [0.25, 0.3) is 0 Å². The highest BCUT2D eigenvalue weighted by Crippen LogP contribution is 2.19. The number of aliphatic hydroxyl groups excluding tert-OH is 1. The van der Waals surface area contributed by atoms with E-state index in [4.69, 9.17) is 0 Å². The van der Waals surface area contributed by atoms with Crippen molar-refractivity contribution >= 4 is 16.9 Å². The van der Waals surface area contributed by atoms with E-state index in [2.05, 4.69) is 15.3 Å². The number of carbonyl (C=O) groups is 1. The number of fused-ring (bicyclic) bond motifs is 1. The van der Waals surface area contributed by atoms with Crippen molar-refractivity contribution in [2.45, 2.75) is 18.8 Å². The molecule has 0 saturated heterocycles. The first-order valence-corrected chi connectivity index (χ1v) is 8.11. The Hall–Kier alpha value is -2.66. The van der Waals surface area contributed by atoms with Crippen LogP contribution in [0.4, 0.5) is 0 Å². The lowest BCUT2D eigenvalue weighted by atomic mass is 9.96. The number of aliphatic hydroxyl groups is 1. The number of pyridine rings is 1. The zero-order chi connectivity index (χ0) is 16.8. The summed E-state index contributed by atoms with van der Waals surface area (Å²) in [4.78, 5) is 19.6. The summed E-state index contributed by atoms with van der Waals surface area (Å²) in [5.41, 5.74) is 2.86. The number of nitrogens with zero attached hydrogens (tertiary/aromatic N) is 1. The first kappa shape index (κ1) is 16.2. The first-order chi connectivity index (χ1) is 11.8. The number of hydrogen-bond donors (Lipinski definition) is 3. The minimum Gasteiger partial charge on any atom is -0.396 e. The summed E-state index contributed by atoms with van der Waals surface area (Å²) in [5.74, 6) is 0.0865. The highest BCUT2D eigenvalue weighted by Gasteiger charge is 2.14. The third kappa shape index (κ3) is 3.81. The second-order valence-electron chi connectivity index (χ2n) is 5.81. The predicted octanol–water partition coefficient (Wildman–Crippen LogP) is 2.39. The van der Waals surface area contributed by atoms with E-state index in [1.54, 1.807) is 6.20 Å². The number of aromatic amines is 1. The Labute approximate surface area is 140 Å². The molecule has 1 atom stereocenters. The molecular weight excluding hydrogens is 302 g/mol. The second kappa shape index (κ2) is 7.75. The number of amides is 1. The van der Waals surface area contributed by atoms with Gasteiger partial charge in [0, 0.05) is 36.8 Å². The van der Waals surface area contributed by atoms with Crippen LogP contribution in [0.25, 0.3) is 11.0 Å². The molecule has 3 rings (SSSR count). The number of carbonyl (C=O) groups excluding carboxylic acids is 1. The molecule has 0 saturated carbocycles. The summed E-state index contributed by atoms with van der Waals surface area (Å²) in [5, 5.41) is 13.2. The van der Waals surface area contributed by atoms with Crippen molar-refractivity contribution in [2.75, 3.05) is 13.2 Å². The molecule has 0 aliphatic heterocycles. The van der Waals surface area contributed by atoms with Crippen LogP contribution >= 0.6 is 0 Å². The molecule has 2 heterocycles. The average Bonchev–Trinajstić information content (AvgIpc) is 3.02. The SMILES string of the molecule is O=C(Cc1c[nH]c2ncccc12)NCC(CCO)c1ccccc1. The zero-order valence-electron chi connectivity index (χ0n) is 13.4. The Morgan fingerprint density at radius 1 is 1.21 bits per heavy atom. The summed E-state index contributed by atoms with van der Waals surface area (Å²) >= 11 is 0. The highest BCUT2D eigenvalue weighted by molar-refractivity contribution is 5.87. The van der Waals surface area contributed by atoms with Crippen molar-refractivity contribution in [2.24, 2.45) is 0 Å². The highest BCUT2D eigenvalue weighted by atomic mass is 16.3. The fourth-order valence-corrected chi connectivity index (χ4v) is 2.90. The molecule has 2 aromatic heterocycles. The Balaban J connectivity index is 1.62. The number of rotatable bonds is 7. The molecule has 124 valence electrons. The number of hydrogen-bond acceptors (Lipinski definition) is 3. The standard InChI is InChI=1S/C19H21N3O2/c23-10-8-15(14-5-2-1-3-6-14)12-21-18(24)11-16-13-22-19-17(16)7-4-9-20-19/h1-7,9,13,15,23H,8,10-12H2,(H,20,22)(H,21,24). The van der Waals surface area contributed by atoms with Crippen LogP contribution in [-0.2, 0) is 11.2 Å². The Bertz CT molecular complexity index is 798. The van der Waals surface area contributed by atoms with Crippen molar-refractivity contribution in [3.05, 3.63) is 66.0 Å². The molecule has 24 heavy (non-hydrogen) atoms. The van der Waals surface area contributed by atoms with Crippen molar-refractivity contribution in [3.63, 3.8) is 0 Å². The quantitative estimate of drug-likeness (QED) is 0.625. The van der Waals surface area contributed by atoms with Gasteiger partial charge in [0.05, 0.1) is 6.42 Å². The Morgan fingerprint density at radius 3 is 2.83 bits per heavy atom. The van der Waals surface area contributed by atoms with Gasteiger partial charge in [-0.15, -0.1) is 0 Å². The molecule has 1 amide bonds. The van der Waals surface area contributed by atoms with E-state index in [0.717, 1.165) is 22.2 Å². The fraction of sp³-hybridized carbons (Fsp3) is 0.263. The maximum absolute atomic E-state index is 12.3. The van der Waals surface area contributed by atoms with Crippen LogP contribution in [0.5, 0.6) is 0 Å². The van der Waals surface area contributed by atoms with Crippen LogP contribution < -0.4 is 5.32 Å². The second-order valence-corrected chi connectivity index (χ2v) is 5.81.